The first-order valence-corrected chi connectivity index (χ1v) is 6.60. The third-order valence-electron chi connectivity index (χ3n) is 2.80. The normalized spacial score (nSPS) is 12.5. The van der Waals surface area contributed by atoms with Crippen molar-refractivity contribution >= 4 is 23.1 Å². The Hall–Kier alpha value is -2.01. The van der Waals surface area contributed by atoms with Crippen LogP contribution in [-0.2, 0) is 6.18 Å². The number of aliphatic imine (C=N–C) groups is 1. The smallest absolute Gasteiger partial charge is 0.386 e. The summed E-state index contributed by atoms with van der Waals surface area (Å²) in [6, 6.07) is 11.9. The Morgan fingerprint density at radius 2 is 1.71 bits per heavy atom. The van der Waals surface area contributed by atoms with Gasteiger partial charge in [-0.1, -0.05) is 24.3 Å². The van der Waals surface area contributed by atoms with Crippen molar-refractivity contribution in [1.82, 2.24) is 0 Å². The zero-order valence-electron chi connectivity index (χ0n) is 10.9. The topological polar surface area (TPSA) is 38.4 Å². The Kier molecular flexibility index (Phi) is 4.53. The molecule has 110 valence electrons. The van der Waals surface area contributed by atoms with E-state index >= 15 is 0 Å². The molecular formula is C15H12ClF3N2. The average Bonchev–Trinajstić information content (AvgIpc) is 2.47. The highest BCUT2D eigenvalue weighted by molar-refractivity contribution is 6.28. The first-order valence-electron chi connectivity index (χ1n) is 6.07. The number of rotatable bonds is 3. The van der Waals surface area contributed by atoms with Crippen molar-refractivity contribution in [1.29, 1.82) is 0 Å². The van der Waals surface area contributed by atoms with Crippen molar-refractivity contribution in [2.75, 3.05) is 5.88 Å². The van der Waals surface area contributed by atoms with Crippen LogP contribution in [0.15, 0.2) is 53.5 Å². The summed E-state index contributed by atoms with van der Waals surface area (Å²) in [4.78, 5) is 4.05. The lowest BCUT2D eigenvalue weighted by Crippen LogP contribution is -2.12. The zero-order chi connectivity index (χ0) is 15.5. The van der Waals surface area contributed by atoms with E-state index in [4.69, 9.17) is 17.3 Å². The molecule has 0 aliphatic rings. The van der Waals surface area contributed by atoms with Crippen LogP contribution in [0.3, 0.4) is 0 Å². The van der Waals surface area contributed by atoms with Crippen LogP contribution >= 0.6 is 11.6 Å². The predicted molar refractivity (Wildman–Crippen MR) is 78.9 cm³/mol. The number of nitrogens with two attached hydrogens (primary N) is 1. The van der Waals surface area contributed by atoms with E-state index in [0.29, 0.717) is 16.8 Å². The van der Waals surface area contributed by atoms with Gasteiger partial charge in [0.05, 0.1) is 17.1 Å². The molecule has 2 aromatic rings. The molecule has 0 bridgehead atoms. The summed E-state index contributed by atoms with van der Waals surface area (Å²) in [5.41, 5.74) is 6.61. The van der Waals surface area contributed by atoms with Crippen molar-refractivity contribution in [2.24, 2.45) is 10.7 Å². The van der Waals surface area contributed by atoms with E-state index < -0.39 is 11.7 Å². The van der Waals surface area contributed by atoms with Crippen molar-refractivity contribution in [3.63, 3.8) is 0 Å². The van der Waals surface area contributed by atoms with Crippen molar-refractivity contribution < 1.29 is 13.2 Å². The van der Waals surface area contributed by atoms with Crippen molar-refractivity contribution in [3.8, 4) is 11.1 Å². The van der Waals surface area contributed by atoms with Crippen LogP contribution in [0.1, 0.15) is 5.56 Å². The quantitative estimate of drug-likeness (QED) is 0.502. The molecule has 0 atom stereocenters. The molecule has 0 radical (unpaired) electrons. The van der Waals surface area contributed by atoms with Crippen LogP contribution in [0.5, 0.6) is 0 Å². The van der Waals surface area contributed by atoms with E-state index in [1.54, 1.807) is 30.3 Å². The molecule has 0 spiro atoms. The molecule has 6 heteroatoms. The minimum Gasteiger partial charge on any atom is -0.386 e. The first kappa shape index (κ1) is 15.4. The Morgan fingerprint density at radius 1 is 1.05 bits per heavy atom. The Labute approximate surface area is 125 Å². The molecule has 0 saturated carbocycles. The number of nitrogens with zero attached hydrogens (tertiary/aromatic N) is 1. The highest BCUT2D eigenvalue weighted by Crippen LogP contribution is 2.32. The number of alkyl halides is 4. The minimum atomic E-state index is -4.35. The van der Waals surface area contributed by atoms with E-state index in [0.717, 1.165) is 12.1 Å². The molecule has 0 saturated heterocycles. The highest BCUT2D eigenvalue weighted by atomic mass is 35.5. The van der Waals surface area contributed by atoms with Gasteiger partial charge in [0.2, 0.25) is 0 Å². The predicted octanol–water partition coefficient (Wildman–Crippen LogP) is 4.60. The van der Waals surface area contributed by atoms with E-state index in [2.05, 4.69) is 4.99 Å². The van der Waals surface area contributed by atoms with E-state index in [1.807, 2.05) is 0 Å². The second-order valence-corrected chi connectivity index (χ2v) is 4.63. The second-order valence-electron chi connectivity index (χ2n) is 4.36. The van der Waals surface area contributed by atoms with Gasteiger partial charge >= 0.3 is 6.18 Å². The molecule has 0 amide bonds. The van der Waals surface area contributed by atoms with Gasteiger partial charge in [0, 0.05) is 0 Å². The Morgan fingerprint density at radius 3 is 2.29 bits per heavy atom. The molecular weight excluding hydrogens is 301 g/mol. The fourth-order valence-electron chi connectivity index (χ4n) is 1.80. The standard InChI is InChI=1S/C15H12ClF3N2/c16-9-14(20)21-13-6-4-10(5-7-13)11-2-1-3-12(8-11)15(17,18)19/h1-8H,9H2,(H2,20,21). The molecule has 2 N–H and O–H groups in total. The van der Waals surface area contributed by atoms with Gasteiger partial charge in [-0.05, 0) is 35.4 Å². The first-order chi connectivity index (χ1) is 9.90. The van der Waals surface area contributed by atoms with Gasteiger partial charge < -0.3 is 5.73 Å². The van der Waals surface area contributed by atoms with Gasteiger partial charge in [0.1, 0.15) is 5.84 Å². The third-order valence-corrected chi connectivity index (χ3v) is 3.07. The summed E-state index contributed by atoms with van der Waals surface area (Å²) in [5.74, 6) is 0.401. The summed E-state index contributed by atoms with van der Waals surface area (Å²) >= 11 is 5.53. The third kappa shape index (κ3) is 3.98. The van der Waals surface area contributed by atoms with Crippen LogP contribution in [0, 0.1) is 0 Å². The van der Waals surface area contributed by atoms with Crippen LogP contribution < -0.4 is 5.73 Å². The van der Waals surface area contributed by atoms with Crippen LogP contribution in [0.4, 0.5) is 18.9 Å². The second kappa shape index (κ2) is 6.18. The Bertz CT molecular complexity index is 649. The minimum absolute atomic E-state index is 0.120. The summed E-state index contributed by atoms with van der Waals surface area (Å²) in [5, 5.41) is 0. The number of hydrogen-bond acceptors (Lipinski definition) is 1. The molecule has 0 aliphatic heterocycles. The zero-order valence-corrected chi connectivity index (χ0v) is 11.6. The number of halogens is 4. The lowest BCUT2D eigenvalue weighted by Gasteiger charge is -2.09. The maximum Gasteiger partial charge on any atom is 0.416 e. The summed E-state index contributed by atoms with van der Waals surface area (Å²) in [7, 11) is 0. The Balaban J connectivity index is 2.31. The fourth-order valence-corrected chi connectivity index (χ4v) is 1.86. The molecule has 0 fully saturated rings. The van der Waals surface area contributed by atoms with Crippen LogP contribution in [0.25, 0.3) is 11.1 Å². The van der Waals surface area contributed by atoms with E-state index in [-0.39, 0.29) is 11.7 Å². The largest absolute Gasteiger partial charge is 0.416 e. The maximum absolute atomic E-state index is 12.7. The summed E-state index contributed by atoms with van der Waals surface area (Å²) in [6.07, 6.45) is -4.35. The van der Waals surface area contributed by atoms with E-state index in [1.165, 1.54) is 6.07 Å². The molecule has 2 nitrogen and oxygen atoms in total. The van der Waals surface area contributed by atoms with E-state index in [9.17, 15) is 13.2 Å². The molecule has 2 rings (SSSR count). The van der Waals surface area contributed by atoms with Gasteiger partial charge in [0.15, 0.2) is 0 Å². The lowest BCUT2D eigenvalue weighted by molar-refractivity contribution is -0.137. The molecule has 0 aromatic heterocycles. The number of benzene rings is 2. The van der Waals surface area contributed by atoms with Crippen LogP contribution in [0.2, 0.25) is 0 Å². The van der Waals surface area contributed by atoms with Gasteiger partial charge in [-0.3, -0.25) is 0 Å². The van der Waals surface area contributed by atoms with Gasteiger partial charge in [-0.2, -0.15) is 13.2 Å². The molecule has 0 unspecified atom stereocenters. The summed E-state index contributed by atoms with van der Waals surface area (Å²) < 4.78 is 38.1. The highest BCUT2D eigenvalue weighted by Gasteiger charge is 2.30. The monoisotopic (exact) mass is 312 g/mol. The van der Waals surface area contributed by atoms with Gasteiger partial charge in [-0.15, -0.1) is 11.6 Å². The average molecular weight is 313 g/mol. The molecule has 0 heterocycles. The fraction of sp³-hybridized carbons (Fsp3) is 0.133. The molecule has 0 aliphatic carbocycles. The van der Waals surface area contributed by atoms with Crippen LogP contribution in [-0.4, -0.2) is 11.7 Å². The van der Waals surface area contributed by atoms with Gasteiger partial charge in [0.25, 0.3) is 0 Å². The van der Waals surface area contributed by atoms with Gasteiger partial charge in [-0.25, -0.2) is 4.99 Å². The maximum atomic E-state index is 12.7. The summed E-state index contributed by atoms with van der Waals surface area (Å²) in [6.45, 7) is 0. The number of amidine groups is 1. The molecule has 2 aromatic carbocycles. The number of hydrogen-bond donors (Lipinski definition) is 1. The van der Waals surface area contributed by atoms with Crippen molar-refractivity contribution in [3.05, 3.63) is 54.1 Å². The lowest BCUT2D eigenvalue weighted by atomic mass is 10.0. The van der Waals surface area contributed by atoms with Crippen molar-refractivity contribution in [2.45, 2.75) is 6.18 Å². The SMILES string of the molecule is NC(CCl)=Nc1ccc(-c2cccc(C(F)(F)F)c2)cc1. The molecule has 21 heavy (non-hydrogen) atoms.